The number of hydrogen-bond donors (Lipinski definition) is 0. The maximum Gasteiger partial charge on any atom is 0.191 e. The van der Waals surface area contributed by atoms with Gasteiger partial charge in [0.1, 0.15) is 24.0 Å². The zero-order valence-electron chi connectivity index (χ0n) is 9.91. The standard InChI is InChI=1S/C12H16F2O3/c1-3-15-12(16-4-2)8-17-11-6-9(13)5-10(14)7-11/h5-7,12H,3-4,8H2,1-2H3. The lowest BCUT2D eigenvalue weighted by atomic mass is 10.3. The van der Waals surface area contributed by atoms with Gasteiger partial charge in [0.15, 0.2) is 6.29 Å². The normalized spacial score (nSPS) is 10.9. The van der Waals surface area contributed by atoms with Gasteiger partial charge in [0.2, 0.25) is 0 Å². The molecule has 0 atom stereocenters. The van der Waals surface area contributed by atoms with Gasteiger partial charge in [-0.2, -0.15) is 0 Å². The summed E-state index contributed by atoms with van der Waals surface area (Å²) in [5.41, 5.74) is 0. The minimum Gasteiger partial charge on any atom is -0.488 e. The Morgan fingerprint density at radius 3 is 2.00 bits per heavy atom. The summed E-state index contributed by atoms with van der Waals surface area (Å²) in [5.74, 6) is -1.24. The highest BCUT2D eigenvalue weighted by atomic mass is 19.1. The lowest BCUT2D eigenvalue weighted by Gasteiger charge is -2.17. The molecule has 0 aliphatic carbocycles. The molecule has 0 saturated carbocycles. The SMILES string of the molecule is CCOC(COc1cc(F)cc(F)c1)OCC. The molecular formula is C12H16F2O3. The molecule has 0 fully saturated rings. The number of rotatable bonds is 7. The molecule has 0 bridgehead atoms. The Morgan fingerprint density at radius 2 is 1.53 bits per heavy atom. The number of benzene rings is 1. The van der Waals surface area contributed by atoms with Crippen LogP contribution in [0.25, 0.3) is 0 Å². The van der Waals surface area contributed by atoms with Gasteiger partial charge in [0.25, 0.3) is 0 Å². The summed E-state index contributed by atoms with van der Waals surface area (Å²) in [7, 11) is 0. The predicted octanol–water partition coefficient (Wildman–Crippen LogP) is 2.74. The molecule has 0 aliphatic heterocycles. The summed E-state index contributed by atoms with van der Waals surface area (Å²) in [4.78, 5) is 0. The van der Waals surface area contributed by atoms with Crippen LogP contribution in [-0.4, -0.2) is 26.1 Å². The van der Waals surface area contributed by atoms with Gasteiger partial charge in [-0.15, -0.1) is 0 Å². The fraction of sp³-hybridized carbons (Fsp3) is 0.500. The summed E-state index contributed by atoms with van der Waals surface area (Å²) in [6.45, 7) is 4.70. The average Bonchev–Trinajstić information content (AvgIpc) is 2.25. The zero-order valence-corrected chi connectivity index (χ0v) is 9.91. The molecule has 0 spiro atoms. The van der Waals surface area contributed by atoms with Crippen LogP contribution in [0.1, 0.15) is 13.8 Å². The van der Waals surface area contributed by atoms with Crippen LogP contribution >= 0.6 is 0 Å². The monoisotopic (exact) mass is 246 g/mol. The van der Waals surface area contributed by atoms with E-state index in [0.717, 1.165) is 18.2 Å². The number of ether oxygens (including phenoxy) is 3. The van der Waals surface area contributed by atoms with E-state index in [1.807, 2.05) is 13.8 Å². The third-order valence-corrected chi connectivity index (χ3v) is 1.93. The average molecular weight is 246 g/mol. The van der Waals surface area contributed by atoms with E-state index in [4.69, 9.17) is 14.2 Å². The molecule has 0 aromatic heterocycles. The molecule has 0 N–H and O–H groups in total. The molecule has 17 heavy (non-hydrogen) atoms. The molecule has 0 heterocycles. The second-order valence-corrected chi connectivity index (χ2v) is 3.26. The smallest absolute Gasteiger partial charge is 0.191 e. The fourth-order valence-electron chi connectivity index (χ4n) is 1.29. The highest BCUT2D eigenvalue weighted by Gasteiger charge is 2.09. The molecule has 96 valence electrons. The van der Waals surface area contributed by atoms with E-state index in [1.54, 1.807) is 0 Å². The lowest BCUT2D eigenvalue weighted by Crippen LogP contribution is -2.25. The van der Waals surface area contributed by atoms with Crippen LogP contribution in [0, 0.1) is 11.6 Å². The molecule has 1 aromatic rings. The molecule has 1 rings (SSSR count). The molecule has 0 aliphatic rings. The van der Waals surface area contributed by atoms with Gasteiger partial charge in [-0.05, 0) is 13.8 Å². The van der Waals surface area contributed by atoms with Crippen molar-refractivity contribution >= 4 is 0 Å². The van der Waals surface area contributed by atoms with Crippen molar-refractivity contribution in [3.05, 3.63) is 29.8 Å². The van der Waals surface area contributed by atoms with Crippen LogP contribution in [0.15, 0.2) is 18.2 Å². The second kappa shape index (κ2) is 7.19. The van der Waals surface area contributed by atoms with Crippen molar-refractivity contribution < 1.29 is 23.0 Å². The van der Waals surface area contributed by atoms with Crippen LogP contribution in [0.5, 0.6) is 5.75 Å². The van der Waals surface area contributed by atoms with Gasteiger partial charge < -0.3 is 14.2 Å². The Hall–Kier alpha value is -1.20. The second-order valence-electron chi connectivity index (χ2n) is 3.26. The van der Waals surface area contributed by atoms with Crippen molar-refractivity contribution in [2.24, 2.45) is 0 Å². The van der Waals surface area contributed by atoms with Crippen molar-refractivity contribution in [1.29, 1.82) is 0 Å². The van der Waals surface area contributed by atoms with Gasteiger partial charge in [0, 0.05) is 31.4 Å². The summed E-state index contributed by atoms with van der Waals surface area (Å²) in [6, 6.07) is 3.01. The molecule has 0 amide bonds. The summed E-state index contributed by atoms with van der Waals surface area (Å²) in [5, 5.41) is 0. The van der Waals surface area contributed by atoms with E-state index in [2.05, 4.69) is 0 Å². The van der Waals surface area contributed by atoms with E-state index in [1.165, 1.54) is 0 Å². The van der Waals surface area contributed by atoms with E-state index >= 15 is 0 Å². The largest absolute Gasteiger partial charge is 0.488 e. The number of hydrogen-bond acceptors (Lipinski definition) is 3. The molecule has 0 radical (unpaired) electrons. The van der Waals surface area contributed by atoms with Crippen molar-refractivity contribution in [2.75, 3.05) is 19.8 Å². The zero-order chi connectivity index (χ0) is 12.7. The van der Waals surface area contributed by atoms with Crippen molar-refractivity contribution in [3.8, 4) is 5.75 Å². The quantitative estimate of drug-likeness (QED) is 0.692. The van der Waals surface area contributed by atoms with Crippen LogP contribution in [0.4, 0.5) is 8.78 Å². The van der Waals surface area contributed by atoms with Crippen LogP contribution < -0.4 is 4.74 Å². The van der Waals surface area contributed by atoms with Crippen molar-refractivity contribution in [2.45, 2.75) is 20.1 Å². The first-order valence-electron chi connectivity index (χ1n) is 5.47. The third-order valence-electron chi connectivity index (χ3n) is 1.93. The fourth-order valence-corrected chi connectivity index (χ4v) is 1.29. The highest BCUT2D eigenvalue weighted by Crippen LogP contribution is 2.15. The van der Waals surface area contributed by atoms with E-state index in [9.17, 15) is 8.78 Å². The van der Waals surface area contributed by atoms with Crippen LogP contribution in [0.3, 0.4) is 0 Å². The Balaban J connectivity index is 2.52. The number of halogens is 2. The van der Waals surface area contributed by atoms with Gasteiger partial charge in [-0.1, -0.05) is 0 Å². The predicted molar refractivity (Wildman–Crippen MR) is 58.9 cm³/mol. The minimum absolute atomic E-state index is 0.0879. The van der Waals surface area contributed by atoms with E-state index in [0.29, 0.717) is 13.2 Å². The molecule has 0 saturated heterocycles. The van der Waals surface area contributed by atoms with Gasteiger partial charge in [-0.3, -0.25) is 0 Å². The van der Waals surface area contributed by atoms with E-state index < -0.39 is 17.9 Å². The minimum atomic E-state index is -0.677. The Morgan fingerprint density at radius 1 is 1.00 bits per heavy atom. The summed E-state index contributed by atoms with van der Waals surface area (Å²) in [6.07, 6.45) is -0.531. The first-order chi connectivity index (χ1) is 8.15. The summed E-state index contributed by atoms with van der Waals surface area (Å²) >= 11 is 0. The van der Waals surface area contributed by atoms with Crippen molar-refractivity contribution in [1.82, 2.24) is 0 Å². The summed E-state index contributed by atoms with van der Waals surface area (Å²) < 4.78 is 41.4. The van der Waals surface area contributed by atoms with Crippen LogP contribution in [-0.2, 0) is 9.47 Å². The van der Waals surface area contributed by atoms with Crippen LogP contribution in [0.2, 0.25) is 0 Å². The maximum atomic E-state index is 12.9. The van der Waals surface area contributed by atoms with Gasteiger partial charge >= 0.3 is 0 Å². The Labute approximate surface area is 99.3 Å². The first-order valence-corrected chi connectivity index (χ1v) is 5.47. The van der Waals surface area contributed by atoms with Gasteiger partial charge in [0.05, 0.1) is 0 Å². The topological polar surface area (TPSA) is 27.7 Å². The Kier molecular flexibility index (Phi) is 5.86. The molecule has 3 nitrogen and oxygen atoms in total. The maximum absolute atomic E-state index is 12.9. The Bertz CT molecular complexity index is 318. The van der Waals surface area contributed by atoms with Crippen molar-refractivity contribution in [3.63, 3.8) is 0 Å². The molecule has 0 unspecified atom stereocenters. The third kappa shape index (κ3) is 5.10. The van der Waals surface area contributed by atoms with Gasteiger partial charge in [-0.25, -0.2) is 8.78 Å². The molecular weight excluding hydrogens is 230 g/mol. The first kappa shape index (κ1) is 13.9. The highest BCUT2D eigenvalue weighted by molar-refractivity contribution is 5.23. The van der Waals surface area contributed by atoms with E-state index in [-0.39, 0.29) is 12.4 Å². The molecule has 1 aromatic carbocycles. The molecule has 5 heteroatoms. The lowest BCUT2D eigenvalue weighted by molar-refractivity contribution is -0.152.